The number of carbonyl (C=O) groups is 2. The van der Waals surface area contributed by atoms with Gasteiger partial charge in [0.2, 0.25) is 5.91 Å². The molecule has 0 aromatic heterocycles. The number of likely N-dealkylation sites (tertiary alicyclic amines) is 1. The van der Waals surface area contributed by atoms with Gasteiger partial charge in [-0.1, -0.05) is 11.6 Å². The Kier molecular flexibility index (Phi) is 5.58. The molecule has 0 atom stereocenters. The summed E-state index contributed by atoms with van der Waals surface area (Å²) in [5, 5.41) is 4.58. The number of hydrogen-bond acceptors (Lipinski definition) is 2. The van der Waals surface area contributed by atoms with Crippen molar-refractivity contribution in [1.82, 2.24) is 10.2 Å². The summed E-state index contributed by atoms with van der Waals surface area (Å²) < 4.78 is 38.5. The van der Waals surface area contributed by atoms with Gasteiger partial charge >= 0.3 is 12.2 Å². The predicted octanol–water partition coefficient (Wildman–Crippen LogP) is 3.35. The van der Waals surface area contributed by atoms with Crippen molar-refractivity contribution in [2.24, 2.45) is 5.92 Å². The second-order valence-electron chi connectivity index (χ2n) is 5.50. The lowest BCUT2D eigenvalue weighted by Gasteiger charge is -2.31. The molecular formula is C15H17ClF3N3O2. The zero-order chi connectivity index (χ0) is 17.9. The Balaban J connectivity index is 2.00. The molecule has 1 saturated heterocycles. The van der Waals surface area contributed by atoms with Gasteiger partial charge in [0, 0.05) is 31.7 Å². The topological polar surface area (TPSA) is 61.4 Å². The molecule has 5 nitrogen and oxygen atoms in total. The summed E-state index contributed by atoms with van der Waals surface area (Å²) in [5.74, 6) is -0.214. The lowest BCUT2D eigenvalue weighted by atomic mass is 9.96. The van der Waals surface area contributed by atoms with Gasteiger partial charge in [0.1, 0.15) is 0 Å². The molecule has 0 bridgehead atoms. The van der Waals surface area contributed by atoms with E-state index in [4.69, 9.17) is 11.6 Å². The Morgan fingerprint density at radius 2 is 1.88 bits per heavy atom. The predicted molar refractivity (Wildman–Crippen MR) is 83.8 cm³/mol. The first-order chi connectivity index (χ1) is 11.2. The minimum atomic E-state index is -4.59. The summed E-state index contributed by atoms with van der Waals surface area (Å²) in [4.78, 5) is 25.2. The summed E-state index contributed by atoms with van der Waals surface area (Å²) in [6.45, 7) is 0.729. The second-order valence-corrected chi connectivity index (χ2v) is 5.91. The van der Waals surface area contributed by atoms with E-state index in [1.807, 2.05) is 0 Å². The minimum absolute atomic E-state index is 0.0187. The molecule has 2 N–H and O–H groups in total. The van der Waals surface area contributed by atoms with Gasteiger partial charge in [-0.15, -0.1) is 0 Å². The number of benzene rings is 1. The highest BCUT2D eigenvalue weighted by Crippen LogP contribution is 2.36. The van der Waals surface area contributed by atoms with E-state index in [1.54, 1.807) is 7.05 Å². The maximum Gasteiger partial charge on any atom is 0.417 e. The van der Waals surface area contributed by atoms with Crippen molar-refractivity contribution in [2.45, 2.75) is 19.0 Å². The number of carbonyl (C=O) groups excluding carboxylic acids is 2. The molecule has 3 amide bonds. The van der Waals surface area contributed by atoms with Crippen LogP contribution in [-0.4, -0.2) is 37.0 Å². The molecular weight excluding hydrogens is 347 g/mol. The molecule has 1 aromatic carbocycles. The molecule has 0 saturated carbocycles. The molecule has 9 heteroatoms. The first-order valence-electron chi connectivity index (χ1n) is 7.36. The Morgan fingerprint density at radius 3 is 2.42 bits per heavy atom. The first-order valence-corrected chi connectivity index (χ1v) is 7.74. The molecule has 24 heavy (non-hydrogen) atoms. The zero-order valence-electron chi connectivity index (χ0n) is 12.9. The Labute approximate surface area is 142 Å². The number of urea groups is 1. The van der Waals surface area contributed by atoms with Crippen LogP contribution in [0.15, 0.2) is 18.2 Å². The highest BCUT2D eigenvalue weighted by molar-refractivity contribution is 6.31. The maximum absolute atomic E-state index is 12.8. The smallest absolute Gasteiger partial charge is 0.359 e. The van der Waals surface area contributed by atoms with Gasteiger partial charge in [-0.3, -0.25) is 4.79 Å². The quantitative estimate of drug-likeness (QED) is 0.846. The molecule has 1 heterocycles. The van der Waals surface area contributed by atoms with Gasteiger partial charge in [-0.2, -0.15) is 13.2 Å². The monoisotopic (exact) mass is 363 g/mol. The van der Waals surface area contributed by atoms with Gasteiger partial charge in [0.25, 0.3) is 0 Å². The molecule has 0 aliphatic carbocycles. The Morgan fingerprint density at radius 1 is 1.25 bits per heavy atom. The van der Waals surface area contributed by atoms with Crippen LogP contribution in [0.3, 0.4) is 0 Å². The number of nitrogens with one attached hydrogen (secondary N) is 2. The number of rotatable bonds is 2. The van der Waals surface area contributed by atoms with Gasteiger partial charge in [0.05, 0.1) is 10.6 Å². The van der Waals surface area contributed by atoms with Crippen molar-refractivity contribution in [1.29, 1.82) is 0 Å². The van der Waals surface area contributed by atoms with Crippen LogP contribution >= 0.6 is 11.6 Å². The van der Waals surface area contributed by atoms with Crippen LogP contribution in [0, 0.1) is 5.92 Å². The van der Waals surface area contributed by atoms with Crippen molar-refractivity contribution in [2.75, 3.05) is 25.5 Å². The van der Waals surface area contributed by atoms with Crippen LogP contribution in [0.2, 0.25) is 5.02 Å². The highest BCUT2D eigenvalue weighted by atomic mass is 35.5. The normalized spacial score (nSPS) is 16.0. The number of nitrogens with zero attached hydrogens (tertiary/aromatic N) is 1. The van der Waals surface area contributed by atoms with Crippen LogP contribution in [0.4, 0.5) is 23.7 Å². The van der Waals surface area contributed by atoms with E-state index in [1.165, 1.54) is 11.0 Å². The molecule has 132 valence electrons. The third-order valence-corrected chi connectivity index (χ3v) is 4.25. The summed E-state index contributed by atoms with van der Waals surface area (Å²) >= 11 is 5.54. The SMILES string of the molecule is CNC(=O)C1CCN(C(=O)Nc2ccc(Cl)c(C(F)(F)F)c2)CC1. The van der Waals surface area contributed by atoms with Crippen LogP contribution < -0.4 is 10.6 Å². The largest absolute Gasteiger partial charge is 0.417 e. The van der Waals surface area contributed by atoms with Crippen LogP contribution in [0.5, 0.6) is 0 Å². The zero-order valence-corrected chi connectivity index (χ0v) is 13.7. The number of alkyl halides is 3. The molecule has 0 radical (unpaired) electrons. The number of hydrogen-bond donors (Lipinski definition) is 2. The number of anilines is 1. The first kappa shape index (κ1) is 18.4. The molecule has 1 aliphatic heterocycles. The van der Waals surface area contributed by atoms with Gasteiger partial charge in [-0.25, -0.2) is 4.79 Å². The molecule has 1 aromatic rings. The molecule has 0 spiro atoms. The fourth-order valence-corrected chi connectivity index (χ4v) is 2.80. The van der Waals surface area contributed by atoms with Crippen LogP contribution in [-0.2, 0) is 11.0 Å². The van der Waals surface area contributed by atoms with Gasteiger partial charge in [-0.05, 0) is 31.0 Å². The van der Waals surface area contributed by atoms with E-state index in [-0.39, 0.29) is 17.5 Å². The van der Waals surface area contributed by atoms with Crippen LogP contribution in [0.1, 0.15) is 18.4 Å². The van der Waals surface area contributed by atoms with Crippen molar-refractivity contribution in [3.63, 3.8) is 0 Å². The van der Waals surface area contributed by atoms with Crippen molar-refractivity contribution in [3.05, 3.63) is 28.8 Å². The van der Waals surface area contributed by atoms with E-state index >= 15 is 0 Å². The lowest BCUT2D eigenvalue weighted by molar-refractivity contribution is -0.137. The lowest BCUT2D eigenvalue weighted by Crippen LogP contribution is -2.44. The van der Waals surface area contributed by atoms with Gasteiger partial charge in [0.15, 0.2) is 0 Å². The van der Waals surface area contributed by atoms with E-state index < -0.39 is 22.8 Å². The van der Waals surface area contributed by atoms with Gasteiger partial charge < -0.3 is 15.5 Å². The standard InChI is InChI=1S/C15H17ClF3N3O2/c1-20-13(23)9-4-6-22(7-5-9)14(24)21-10-2-3-12(16)11(8-10)15(17,18)19/h2-3,8-9H,4-7H2,1H3,(H,20,23)(H,21,24). The summed E-state index contributed by atoms with van der Waals surface area (Å²) in [7, 11) is 1.56. The highest BCUT2D eigenvalue weighted by Gasteiger charge is 2.33. The fourth-order valence-electron chi connectivity index (χ4n) is 2.57. The summed E-state index contributed by atoms with van der Waals surface area (Å²) in [5.41, 5.74) is -0.981. The molecule has 1 fully saturated rings. The number of piperidine rings is 1. The van der Waals surface area contributed by atoms with E-state index in [2.05, 4.69) is 10.6 Å². The van der Waals surface area contributed by atoms with E-state index in [9.17, 15) is 22.8 Å². The average Bonchev–Trinajstić information content (AvgIpc) is 2.55. The van der Waals surface area contributed by atoms with E-state index in [0.717, 1.165) is 12.1 Å². The number of halogens is 4. The Hall–Kier alpha value is -1.96. The summed E-state index contributed by atoms with van der Waals surface area (Å²) in [6.07, 6.45) is -3.56. The minimum Gasteiger partial charge on any atom is -0.359 e. The van der Waals surface area contributed by atoms with Crippen molar-refractivity contribution < 1.29 is 22.8 Å². The average molecular weight is 364 g/mol. The third kappa shape index (κ3) is 4.31. The molecule has 2 rings (SSSR count). The number of amides is 3. The third-order valence-electron chi connectivity index (χ3n) is 3.92. The maximum atomic E-state index is 12.8. The van der Waals surface area contributed by atoms with E-state index in [0.29, 0.717) is 25.9 Å². The molecule has 1 aliphatic rings. The van der Waals surface area contributed by atoms with Crippen molar-refractivity contribution >= 4 is 29.2 Å². The second kappa shape index (κ2) is 7.29. The van der Waals surface area contributed by atoms with Crippen LogP contribution in [0.25, 0.3) is 0 Å². The van der Waals surface area contributed by atoms with Crippen molar-refractivity contribution in [3.8, 4) is 0 Å². The Bertz CT molecular complexity index is 629. The summed E-state index contributed by atoms with van der Waals surface area (Å²) in [6, 6.07) is 2.71. The molecule has 0 unspecified atom stereocenters. The fraction of sp³-hybridized carbons (Fsp3) is 0.467.